The quantitative estimate of drug-likeness (QED) is 0.415. The van der Waals surface area contributed by atoms with Crippen LogP contribution in [0.2, 0.25) is 0 Å². The predicted molar refractivity (Wildman–Crippen MR) is 121 cm³/mol. The Kier molecular flexibility index (Phi) is 4.39. The average molecular weight is 448 g/mol. The number of ether oxygens (including phenoxy) is 1. The summed E-state index contributed by atoms with van der Waals surface area (Å²) in [5, 5.41) is 18.6. The monoisotopic (exact) mass is 448 g/mol. The van der Waals surface area contributed by atoms with Gasteiger partial charge < -0.3 is 4.74 Å². The number of aromatic nitrogens is 6. The van der Waals surface area contributed by atoms with Crippen molar-refractivity contribution in [3.05, 3.63) is 76.6 Å². The Hall–Kier alpha value is -4.96. The molecular weight excluding hydrogens is 432 g/mol. The summed E-state index contributed by atoms with van der Waals surface area (Å²) in [7, 11) is 0. The van der Waals surface area contributed by atoms with Crippen LogP contribution in [0.3, 0.4) is 0 Å². The van der Waals surface area contributed by atoms with Gasteiger partial charge in [0.15, 0.2) is 5.65 Å². The van der Waals surface area contributed by atoms with E-state index in [4.69, 9.17) is 9.72 Å². The van der Waals surface area contributed by atoms with Crippen LogP contribution in [0.5, 0.6) is 5.75 Å². The SMILES string of the molecule is N#CCn1c(=O)n(C2CCOc3ccccc32)c2nc(-n3cnc4ccc(C#N)cc43)ncc21. The molecular formula is C24H16N8O2. The molecule has 10 heteroatoms. The van der Waals surface area contributed by atoms with Crippen LogP contribution in [-0.2, 0) is 6.54 Å². The lowest BCUT2D eigenvalue weighted by atomic mass is 10.0. The Bertz CT molecular complexity index is 1730. The molecule has 0 spiro atoms. The van der Waals surface area contributed by atoms with E-state index in [1.54, 1.807) is 39.9 Å². The van der Waals surface area contributed by atoms with Crippen LogP contribution in [0, 0.1) is 22.7 Å². The summed E-state index contributed by atoms with van der Waals surface area (Å²) >= 11 is 0. The van der Waals surface area contributed by atoms with Crippen LogP contribution in [0.1, 0.15) is 23.6 Å². The fourth-order valence-electron chi connectivity index (χ4n) is 4.50. The van der Waals surface area contributed by atoms with Gasteiger partial charge in [-0.25, -0.2) is 14.8 Å². The van der Waals surface area contributed by atoms with Crippen molar-refractivity contribution in [3.8, 4) is 23.8 Å². The highest BCUT2D eigenvalue weighted by molar-refractivity contribution is 5.79. The Labute approximate surface area is 192 Å². The molecule has 6 rings (SSSR count). The lowest BCUT2D eigenvalue weighted by molar-refractivity contribution is 0.256. The lowest BCUT2D eigenvalue weighted by Crippen LogP contribution is -2.31. The molecule has 1 atom stereocenters. The maximum atomic E-state index is 13.5. The molecule has 2 aromatic carbocycles. The van der Waals surface area contributed by atoms with E-state index in [1.807, 2.05) is 24.3 Å². The zero-order valence-electron chi connectivity index (χ0n) is 17.8. The van der Waals surface area contributed by atoms with Crippen molar-refractivity contribution in [3.63, 3.8) is 0 Å². The van der Waals surface area contributed by atoms with Crippen molar-refractivity contribution in [1.82, 2.24) is 28.7 Å². The van der Waals surface area contributed by atoms with E-state index in [-0.39, 0.29) is 18.3 Å². The number of hydrogen-bond acceptors (Lipinski definition) is 7. The van der Waals surface area contributed by atoms with E-state index < -0.39 is 0 Å². The topological polar surface area (TPSA) is 127 Å². The summed E-state index contributed by atoms with van der Waals surface area (Å²) in [5.74, 6) is 1.04. The second kappa shape index (κ2) is 7.57. The Morgan fingerprint density at radius 3 is 2.85 bits per heavy atom. The maximum absolute atomic E-state index is 13.5. The lowest BCUT2D eigenvalue weighted by Gasteiger charge is -2.26. The molecule has 0 bridgehead atoms. The number of para-hydroxylation sites is 1. The first-order chi connectivity index (χ1) is 16.7. The number of benzene rings is 2. The molecule has 0 fully saturated rings. The summed E-state index contributed by atoms with van der Waals surface area (Å²) in [6, 6.07) is 16.7. The number of nitriles is 2. The van der Waals surface area contributed by atoms with Gasteiger partial charge in [0.1, 0.15) is 24.1 Å². The van der Waals surface area contributed by atoms with Gasteiger partial charge in [-0.3, -0.25) is 13.7 Å². The fraction of sp³-hybridized carbons (Fsp3) is 0.167. The minimum atomic E-state index is -0.327. The van der Waals surface area contributed by atoms with Gasteiger partial charge in [0, 0.05) is 12.0 Å². The number of hydrogen-bond donors (Lipinski definition) is 0. The molecule has 0 N–H and O–H groups in total. The standard InChI is InChI=1S/C24H16N8O2/c25-8-9-30-20-13-27-23(31-14-28-17-6-5-15(12-26)11-19(17)31)29-22(20)32(24(30)33)18-7-10-34-21-4-2-1-3-16(18)21/h1-6,11,13-14,18H,7,9-10H2. The van der Waals surface area contributed by atoms with E-state index in [9.17, 15) is 15.3 Å². The van der Waals surface area contributed by atoms with Crippen molar-refractivity contribution in [2.24, 2.45) is 0 Å². The molecule has 0 saturated carbocycles. The molecule has 4 heterocycles. The molecule has 10 nitrogen and oxygen atoms in total. The fourth-order valence-corrected chi connectivity index (χ4v) is 4.50. The number of nitrogens with zero attached hydrogens (tertiary/aromatic N) is 8. The van der Waals surface area contributed by atoms with E-state index in [2.05, 4.69) is 22.1 Å². The van der Waals surface area contributed by atoms with Crippen LogP contribution in [0.25, 0.3) is 28.1 Å². The summed E-state index contributed by atoms with van der Waals surface area (Å²) in [4.78, 5) is 27.1. The zero-order valence-corrected chi connectivity index (χ0v) is 17.8. The van der Waals surface area contributed by atoms with Gasteiger partial charge in [-0.05, 0) is 24.3 Å². The van der Waals surface area contributed by atoms with Gasteiger partial charge in [-0.15, -0.1) is 0 Å². The summed E-state index contributed by atoms with van der Waals surface area (Å²) in [5.41, 5.74) is 3.32. The molecule has 1 unspecified atom stereocenters. The summed E-state index contributed by atoms with van der Waals surface area (Å²) in [6.07, 6.45) is 3.73. The van der Waals surface area contributed by atoms with Crippen LogP contribution in [-0.4, -0.2) is 35.3 Å². The molecule has 0 amide bonds. The summed E-state index contributed by atoms with van der Waals surface area (Å²) < 4.78 is 10.5. The van der Waals surface area contributed by atoms with Crippen LogP contribution in [0.15, 0.2) is 59.8 Å². The van der Waals surface area contributed by atoms with Crippen LogP contribution < -0.4 is 10.4 Å². The first kappa shape index (κ1) is 19.7. The Balaban J connectivity index is 1.61. The van der Waals surface area contributed by atoms with Crippen molar-refractivity contribution in [2.75, 3.05) is 6.61 Å². The van der Waals surface area contributed by atoms with Gasteiger partial charge in [0.2, 0.25) is 5.95 Å². The van der Waals surface area contributed by atoms with Gasteiger partial charge in [0.05, 0.1) is 47.6 Å². The number of fused-ring (bicyclic) bond motifs is 3. The van der Waals surface area contributed by atoms with E-state index in [0.717, 1.165) is 11.3 Å². The first-order valence-corrected chi connectivity index (χ1v) is 10.6. The molecule has 5 aromatic rings. The maximum Gasteiger partial charge on any atom is 0.331 e. The second-order valence-corrected chi connectivity index (χ2v) is 7.90. The highest BCUT2D eigenvalue weighted by atomic mass is 16.5. The van der Waals surface area contributed by atoms with Crippen LogP contribution >= 0.6 is 0 Å². The normalized spacial score (nSPS) is 14.9. The first-order valence-electron chi connectivity index (χ1n) is 10.6. The number of rotatable bonds is 3. The van der Waals surface area contributed by atoms with E-state index in [0.29, 0.717) is 46.7 Å². The Morgan fingerprint density at radius 1 is 1.12 bits per heavy atom. The van der Waals surface area contributed by atoms with E-state index in [1.165, 1.54) is 4.57 Å². The van der Waals surface area contributed by atoms with Gasteiger partial charge in [-0.2, -0.15) is 15.5 Å². The third kappa shape index (κ3) is 2.86. The zero-order chi connectivity index (χ0) is 23.2. The number of imidazole rings is 2. The molecule has 34 heavy (non-hydrogen) atoms. The molecule has 3 aromatic heterocycles. The third-order valence-electron chi connectivity index (χ3n) is 6.05. The second-order valence-electron chi connectivity index (χ2n) is 7.90. The minimum Gasteiger partial charge on any atom is -0.493 e. The Morgan fingerprint density at radius 2 is 2.00 bits per heavy atom. The van der Waals surface area contributed by atoms with Gasteiger partial charge in [0.25, 0.3) is 0 Å². The molecule has 1 aliphatic heterocycles. The molecule has 0 radical (unpaired) electrons. The molecule has 0 saturated heterocycles. The van der Waals surface area contributed by atoms with Gasteiger partial charge in [-0.1, -0.05) is 18.2 Å². The third-order valence-corrected chi connectivity index (χ3v) is 6.05. The minimum absolute atomic E-state index is 0.116. The highest BCUT2D eigenvalue weighted by Gasteiger charge is 2.28. The largest absolute Gasteiger partial charge is 0.493 e. The predicted octanol–water partition coefficient (Wildman–Crippen LogP) is 2.70. The van der Waals surface area contributed by atoms with Gasteiger partial charge >= 0.3 is 5.69 Å². The van der Waals surface area contributed by atoms with Crippen LogP contribution in [0.4, 0.5) is 0 Å². The molecule has 0 aliphatic carbocycles. The molecule has 164 valence electrons. The van der Waals surface area contributed by atoms with Crippen molar-refractivity contribution in [2.45, 2.75) is 19.0 Å². The van der Waals surface area contributed by atoms with Crippen molar-refractivity contribution < 1.29 is 4.74 Å². The highest BCUT2D eigenvalue weighted by Crippen LogP contribution is 2.35. The van der Waals surface area contributed by atoms with Crippen molar-refractivity contribution >= 4 is 22.2 Å². The molecule has 1 aliphatic rings. The van der Waals surface area contributed by atoms with Crippen molar-refractivity contribution in [1.29, 1.82) is 10.5 Å². The summed E-state index contributed by atoms with van der Waals surface area (Å²) in [6.45, 7) is 0.343. The smallest absolute Gasteiger partial charge is 0.331 e. The average Bonchev–Trinajstić information content (AvgIpc) is 3.42. The van der Waals surface area contributed by atoms with E-state index >= 15 is 0 Å².